The molecule has 6 heteroatoms. The number of rotatable bonds is 8. The zero-order chi connectivity index (χ0) is 20.8. The normalized spacial score (nSPS) is 11.0. The Balaban J connectivity index is 1.43. The predicted molar refractivity (Wildman–Crippen MR) is 120 cm³/mol. The topological polar surface area (TPSA) is 59.8 Å². The van der Waals surface area contributed by atoms with E-state index in [-0.39, 0.29) is 5.91 Å². The fourth-order valence-corrected chi connectivity index (χ4v) is 3.70. The van der Waals surface area contributed by atoms with Crippen LogP contribution in [0.5, 0.6) is 0 Å². The molecule has 0 spiro atoms. The van der Waals surface area contributed by atoms with Gasteiger partial charge in [-0.3, -0.25) is 9.78 Å². The summed E-state index contributed by atoms with van der Waals surface area (Å²) in [5, 5.41) is 3.71. The summed E-state index contributed by atoms with van der Waals surface area (Å²) in [6.45, 7) is 1.14. The highest BCUT2D eigenvalue weighted by Gasteiger charge is 2.13. The first-order valence-electron chi connectivity index (χ1n) is 10.0. The number of fused-ring (bicyclic) bond motifs is 1. The minimum absolute atomic E-state index is 0.0207. The van der Waals surface area contributed by atoms with E-state index >= 15 is 0 Å². The van der Waals surface area contributed by atoms with Gasteiger partial charge in [0.2, 0.25) is 5.91 Å². The molecule has 0 radical (unpaired) electrons. The lowest BCUT2D eigenvalue weighted by atomic mass is 10.1. The van der Waals surface area contributed by atoms with Crippen LogP contribution in [-0.4, -0.2) is 27.0 Å². The minimum atomic E-state index is 0.0207. The van der Waals surface area contributed by atoms with E-state index in [1.165, 1.54) is 0 Å². The molecule has 1 amide bonds. The Morgan fingerprint density at radius 2 is 1.80 bits per heavy atom. The highest BCUT2D eigenvalue weighted by atomic mass is 35.5. The van der Waals surface area contributed by atoms with Gasteiger partial charge < -0.3 is 9.88 Å². The summed E-state index contributed by atoms with van der Waals surface area (Å²) in [6.07, 6.45) is 3.49. The lowest BCUT2D eigenvalue weighted by Gasteiger charge is -2.11. The van der Waals surface area contributed by atoms with Crippen LogP contribution < -0.4 is 5.32 Å². The standard InChI is InChI=1S/C24H23ClN4O/c25-20-9-2-1-7-18(20)17-23-28-21-10-3-4-11-22(21)29(23)16-13-24(30)27-15-12-19-8-5-6-14-26-19/h1-11,14H,12-13,15-17H2,(H,27,30). The van der Waals surface area contributed by atoms with Crippen LogP contribution in [-0.2, 0) is 24.2 Å². The van der Waals surface area contributed by atoms with Crippen molar-refractivity contribution < 1.29 is 4.79 Å². The highest BCUT2D eigenvalue weighted by molar-refractivity contribution is 6.31. The molecule has 2 aromatic heterocycles. The van der Waals surface area contributed by atoms with Crippen molar-refractivity contribution in [1.82, 2.24) is 19.9 Å². The largest absolute Gasteiger partial charge is 0.356 e. The molecule has 2 heterocycles. The third-order valence-corrected chi connectivity index (χ3v) is 5.40. The van der Waals surface area contributed by atoms with Crippen molar-refractivity contribution in [3.05, 3.63) is 95.0 Å². The first-order chi connectivity index (χ1) is 14.7. The second-order valence-electron chi connectivity index (χ2n) is 7.11. The van der Waals surface area contributed by atoms with Crippen molar-refractivity contribution in [1.29, 1.82) is 0 Å². The van der Waals surface area contributed by atoms with E-state index in [4.69, 9.17) is 16.6 Å². The Bertz CT molecular complexity index is 1140. The number of hydrogen-bond donors (Lipinski definition) is 1. The van der Waals surface area contributed by atoms with Gasteiger partial charge in [0, 0.05) is 49.3 Å². The molecular formula is C24H23ClN4O. The van der Waals surface area contributed by atoms with E-state index in [9.17, 15) is 4.79 Å². The maximum Gasteiger partial charge on any atom is 0.221 e. The molecule has 5 nitrogen and oxygen atoms in total. The molecule has 0 saturated carbocycles. The van der Waals surface area contributed by atoms with Gasteiger partial charge in [0.25, 0.3) is 0 Å². The maximum absolute atomic E-state index is 12.4. The first-order valence-corrected chi connectivity index (χ1v) is 10.4. The van der Waals surface area contributed by atoms with Crippen molar-refractivity contribution in [2.24, 2.45) is 0 Å². The Morgan fingerprint density at radius 1 is 1.00 bits per heavy atom. The number of benzene rings is 2. The maximum atomic E-state index is 12.4. The molecule has 0 unspecified atom stereocenters. The van der Waals surface area contributed by atoms with Crippen LogP contribution in [0.25, 0.3) is 11.0 Å². The molecular weight excluding hydrogens is 396 g/mol. The fourth-order valence-electron chi connectivity index (χ4n) is 3.50. The van der Waals surface area contributed by atoms with Crippen molar-refractivity contribution in [3.63, 3.8) is 0 Å². The van der Waals surface area contributed by atoms with Crippen LogP contribution in [0.2, 0.25) is 5.02 Å². The molecule has 152 valence electrons. The molecule has 0 fully saturated rings. The molecule has 2 aromatic carbocycles. The second kappa shape index (κ2) is 9.55. The number of amides is 1. The summed E-state index contributed by atoms with van der Waals surface area (Å²) >= 11 is 6.35. The average molecular weight is 419 g/mol. The molecule has 0 aliphatic heterocycles. The third-order valence-electron chi connectivity index (χ3n) is 5.03. The molecule has 0 bridgehead atoms. The van der Waals surface area contributed by atoms with Gasteiger partial charge in [-0.25, -0.2) is 4.98 Å². The van der Waals surface area contributed by atoms with E-state index in [0.717, 1.165) is 39.6 Å². The van der Waals surface area contributed by atoms with Crippen LogP contribution in [0.1, 0.15) is 23.5 Å². The molecule has 0 atom stereocenters. The number of aromatic nitrogens is 3. The summed E-state index contributed by atoms with van der Waals surface area (Å²) in [4.78, 5) is 21.5. The third kappa shape index (κ3) is 4.86. The number of carbonyl (C=O) groups excluding carboxylic acids is 1. The van der Waals surface area contributed by atoms with Crippen molar-refractivity contribution in [3.8, 4) is 0 Å². The lowest BCUT2D eigenvalue weighted by Crippen LogP contribution is -2.27. The van der Waals surface area contributed by atoms with Gasteiger partial charge in [-0.1, -0.05) is 48.0 Å². The number of hydrogen-bond acceptors (Lipinski definition) is 3. The van der Waals surface area contributed by atoms with Gasteiger partial charge in [0.1, 0.15) is 5.82 Å². The summed E-state index contributed by atoms with van der Waals surface area (Å²) in [7, 11) is 0. The second-order valence-corrected chi connectivity index (χ2v) is 7.51. The summed E-state index contributed by atoms with van der Waals surface area (Å²) in [6, 6.07) is 21.6. The number of carbonyl (C=O) groups is 1. The zero-order valence-electron chi connectivity index (χ0n) is 16.6. The van der Waals surface area contributed by atoms with Gasteiger partial charge in [0.05, 0.1) is 11.0 Å². The highest BCUT2D eigenvalue weighted by Crippen LogP contribution is 2.22. The van der Waals surface area contributed by atoms with Crippen molar-refractivity contribution in [2.45, 2.75) is 25.8 Å². The molecule has 30 heavy (non-hydrogen) atoms. The van der Waals surface area contributed by atoms with Crippen molar-refractivity contribution >= 4 is 28.5 Å². The summed E-state index contributed by atoms with van der Waals surface area (Å²) in [5.74, 6) is 0.929. The SMILES string of the molecule is O=C(CCn1c(Cc2ccccc2Cl)nc2ccccc21)NCCc1ccccn1. The van der Waals surface area contributed by atoms with Crippen LogP contribution in [0.4, 0.5) is 0 Å². The minimum Gasteiger partial charge on any atom is -0.356 e. The van der Waals surface area contributed by atoms with Gasteiger partial charge in [-0.05, 0) is 35.9 Å². The Morgan fingerprint density at radius 3 is 2.63 bits per heavy atom. The predicted octanol–water partition coefficient (Wildman–Crippen LogP) is 4.42. The van der Waals surface area contributed by atoms with Gasteiger partial charge in [-0.15, -0.1) is 0 Å². The number of nitrogens with one attached hydrogen (secondary N) is 1. The molecule has 0 aliphatic carbocycles. The molecule has 4 rings (SSSR count). The van der Waals surface area contributed by atoms with Gasteiger partial charge >= 0.3 is 0 Å². The smallest absolute Gasteiger partial charge is 0.221 e. The monoisotopic (exact) mass is 418 g/mol. The van der Waals surface area contributed by atoms with E-state index in [1.54, 1.807) is 6.20 Å². The first kappa shape index (κ1) is 20.1. The molecule has 0 saturated heterocycles. The number of halogens is 1. The van der Waals surface area contributed by atoms with E-state index in [2.05, 4.69) is 14.9 Å². The Kier molecular flexibility index (Phi) is 6.40. The van der Waals surface area contributed by atoms with Crippen LogP contribution in [0.3, 0.4) is 0 Å². The molecule has 1 N–H and O–H groups in total. The lowest BCUT2D eigenvalue weighted by molar-refractivity contribution is -0.121. The number of aryl methyl sites for hydroxylation is 1. The quantitative estimate of drug-likeness (QED) is 0.460. The zero-order valence-corrected chi connectivity index (χ0v) is 17.3. The van der Waals surface area contributed by atoms with Gasteiger partial charge in [0.15, 0.2) is 0 Å². The van der Waals surface area contributed by atoms with Crippen LogP contribution in [0.15, 0.2) is 72.9 Å². The Hall–Kier alpha value is -3.18. The van der Waals surface area contributed by atoms with E-state index in [0.29, 0.717) is 25.9 Å². The average Bonchev–Trinajstić information content (AvgIpc) is 3.12. The fraction of sp³-hybridized carbons (Fsp3) is 0.208. The number of nitrogens with zero attached hydrogens (tertiary/aromatic N) is 3. The van der Waals surface area contributed by atoms with Gasteiger partial charge in [-0.2, -0.15) is 0 Å². The Labute approximate surface area is 180 Å². The van der Waals surface area contributed by atoms with Crippen LogP contribution >= 0.6 is 11.6 Å². The number of imidazole rings is 1. The summed E-state index contributed by atoms with van der Waals surface area (Å²) < 4.78 is 2.12. The van der Waals surface area contributed by atoms with Crippen LogP contribution in [0, 0.1) is 0 Å². The van der Waals surface area contributed by atoms with E-state index < -0.39 is 0 Å². The summed E-state index contributed by atoms with van der Waals surface area (Å²) in [5.41, 5.74) is 3.95. The molecule has 0 aliphatic rings. The van der Waals surface area contributed by atoms with E-state index in [1.807, 2.05) is 66.7 Å². The number of pyridine rings is 1. The molecule has 4 aromatic rings. The van der Waals surface area contributed by atoms with Crippen molar-refractivity contribution in [2.75, 3.05) is 6.54 Å². The number of para-hydroxylation sites is 2.